The van der Waals surface area contributed by atoms with E-state index < -0.39 is 6.10 Å². The summed E-state index contributed by atoms with van der Waals surface area (Å²) in [4.78, 5) is 37.1. The number of unbranched alkanes of at least 4 members (excludes halogenated alkanes) is 27. The van der Waals surface area contributed by atoms with Gasteiger partial charge in [0.1, 0.15) is 13.2 Å². The molecule has 0 aromatic carbocycles. The van der Waals surface area contributed by atoms with Crippen molar-refractivity contribution in [1.82, 2.24) is 0 Å². The fourth-order valence-electron chi connectivity index (χ4n) is 6.38. The van der Waals surface area contributed by atoms with E-state index in [0.29, 0.717) is 19.3 Å². The van der Waals surface area contributed by atoms with Crippen molar-refractivity contribution in [3.05, 3.63) is 12.2 Å². The third-order valence-corrected chi connectivity index (χ3v) is 9.77. The molecule has 0 amide bonds. The Morgan fingerprint density at radius 1 is 0.373 bits per heavy atom. The molecule has 0 aliphatic rings. The zero-order valence-electron chi connectivity index (χ0n) is 34.1. The van der Waals surface area contributed by atoms with Crippen LogP contribution >= 0.6 is 0 Å². The summed E-state index contributed by atoms with van der Waals surface area (Å²) in [5.74, 6) is -0.895. The van der Waals surface area contributed by atoms with Crippen molar-refractivity contribution >= 4 is 17.9 Å². The van der Waals surface area contributed by atoms with E-state index in [0.717, 1.165) is 70.6 Å². The third kappa shape index (κ3) is 39.2. The first-order valence-electron chi connectivity index (χ1n) is 22.2. The van der Waals surface area contributed by atoms with E-state index in [1.165, 1.54) is 128 Å². The van der Waals surface area contributed by atoms with Gasteiger partial charge in [0.2, 0.25) is 0 Å². The van der Waals surface area contributed by atoms with Gasteiger partial charge in [-0.05, 0) is 44.9 Å². The largest absolute Gasteiger partial charge is 0.462 e. The van der Waals surface area contributed by atoms with Crippen molar-refractivity contribution in [2.75, 3.05) is 13.2 Å². The topological polar surface area (TPSA) is 78.9 Å². The van der Waals surface area contributed by atoms with E-state index >= 15 is 0 Å². The maximum absolute atomic E-state index is 12.4. The van der Waals surface area contributed by atoms with Gasteiger partial charge in [0.15, 0.2) is 6.10 Å². The van der Waals surface area contributed by atoms with Crippen LogP contribution in [0.1, 0.15) is 239 Å². The van der Waals surface area contributed by atoms with Gasteiger partial charge >= 0.3 is 17.9 Å². The summed E-state index contributed by atoms with van der Waals surface area (Å²) in [6.07, 6.45) is 42.8. The van der Waals surface area contributed by atoms with Crippen molar-refractivity contribution in [2.45, 2.75) is 245 Å². The Hall–Kier alpha value is -1.85. The molecular formula is C45H84O6. The maximum Gasteiger partial charge on any atom is 0.306 e. The lowest BCUT2D eigenvalue weighted by molar-refractivity contribution is -0.167. The first kappa shape index (κ1) is 49.1. The van der Waals surface area contributed by atoms with Crippen LogP contribution < -0.4 is 0 Å². The fraction of sp³-hybridized carbons (Fsp3) is 0.889. The van der Waals surface area contributed by atoms with Gasteiger partial charge in [-0.25, -0.2) is 0 Å². The predicted octanol–water partition coefficient (Wildman–Crippen LogP) is 13.9. The molecule has 0 bridgehead atoms. The van der Waals surface area contributed by atoms with Gasteiger partial charge in [-0.3, -0.25) is 14.4 Å². The molecule has 0 fully saturated rings. The Balaban J connectivity index is 3.90. The molecule has 1 atom stereocenters. The lowest BCUT2D eigenvalue weighted by Gasteiger charge is -2.18. The molecule has 6 nitrogen and oxygen atoms in total. The minimum absolute atomic E-state index is 0.0692. The van der Waals surface area contributed by atoms with Crippen LogP contribution in [-0.4, -0.2) is 37.2 Å². The third-order valence-electron chi connectivity index (χ3n) is 9.77. The maximum atomic E-state index is 12.4. The molecule has 0 N–H and O–H groups in total. The van der Waals surface area contributed by atoms with E-state index in [-0.39, 0.29) is 31.1 Å². The lowest BCUT2D eigenvalue weighted by atomic mass is 10.0. The number of esters is 3. The summed E-state index contributed by atoms with van der Waals surface area (Å²) in [5.41, 5.74) is 0. The monoisotopic (exact) mass is 721 g/mol. The van der Waals surface area contributed by atoms with Crippen LogP contribution in [0.25, 0.3) is 0 Å². The number of rotatable bonds is 40. The zero-order chi connectivity index (χ0) is 37.3. The fourth-order valence-corrected chi connectivity index (χ4v) is 6.38. The van der Waals surface area contributed by atoms with Crippen molar-refractivity contribution in [3.63, 3.8) is 0 Å². The van der Waals surface area contributed by atoms with Crippen molar-refractivity contribution in [2.24, 2.45) is 0 Å². The van der Waals surface area contributed by atoms with Gasteiger partial charge in [0.05, 0.1) is 0 Å². The minimum atomic E-state index is -0.757. The number of ether oxygens (including phenoxy) is 3. The van der Waals surface area contributed by atoms with Crippen LogP contribution in [0.4, 0.5) is 0 Å². The van der Waals surface area contributed by atoms with Crippen molar-refractivity contribution in [1.29, 1.82) is 0 Å². The van der Waals surface area contributed by atoms with E-state index in [1.54, 1.807) is 0 Å². The summed E-state index contributed by atoms with van der Waals surface area (Å²) < 4.78 is 16.4. The van der Waals surface area contributed by atoms with Crippen LogP contribution in [0.15, 0.2) is 12.2 Å². The van der Waals surface area contributed by atoms with Gasteiger partial charge in [-0.2, -0.15) is 0 Å². The smallest absolute Gasteiger partial charge is 0.306 e. The number of allylic oxidation sites excluding steroid dienone is 2. The normalized spacial score (nSPS) is 12.0. The molecule has 0 aliphatic heterocycles. The van der Waals surface area contributed by atoms with Crippen LogP contribution in [0, 0.1) is 0 Å². The molecule has 0 spiro atoms. The average Bonchev–Trinajstić information content (AvgIpc) is 3.12. The van der Waals surface area contributed by atoms with E-state index in [2.05, 4.69) is 32.9 Å². The van der Waals surface area contributed by atoms with Gasteiger partial charge in [0, 0.05) is 19.3 Å². The number of carbonyl (C=O) groups excluding carboxylic acids is 3. The van der Waals surface area contributed by atoms with Gasteiger partial charge < -0.3 is 14.2 Å². The van der Waals surface area contributed by atoms with Gasteiger partial charge in [-0.15, -0.1) is 0 Å². The molecule has 300 valence electrons. The molecule has 0 rings (SSSR count). The van der Waals surface area contributed by atoms with Gasteiger partial charge in [0.25, 0.3) is 0 Å². The lowest BCUT2D eigenvalue weighted by Crippen LogP contribution is -2.30. The minimum Gasteiger partial charge on any atom is -0.462 e. The zero-order valence-corrected chi connectivity index (χ0v) is 34.1. The molecule has 0 saturated carbocycles. The standard InChI is InChI=1S/C45H84O6/c1-4-7-10-13-14-15-16-17-18-19-20-21-22-23-24-25-26-27-28-29-30-33-35-38-44(47)50-41-42(51-45(48)39-36-32-12-9-6-3)40-49-43(46)37-34-31-11-8-5-2/h19-20,42H,4-18,21-41H2,1-3H3/b20-19-. The van der Waals surface area contributed by atoms with E-state index in [1.807, 2.05) is 0 Å². The molecule has 0 radical (unpaired) electrons. The second-order valence-corrected chi connectivity index (χ2v) is 15.0. The number of hydrogen-bond acceptors (Lipinski definition) is 6. The molecular weight excluding hydrogens is 636 g/mol. The Labute approximate surface area is 316 Å². The Morgan fingerprint density at radius 2 is 0.647 bits per heavy atom. The van der Waals surface area contributed by atoms with Crippen LogP contribution in [0.3, 0.4) is 0 Å². The quantitative estimate of drug-likeness (QED) is 0.0271. The summed E-state index contributed by atoms with van der Waals surface area (Å²) >= 11 is 0. The SMILES string of the molecule is CCCCCCCCCC/C=C\CCCCCCCCCCCCCC(=O)OCC(COC(=O)CCCCCCC)OC(=O)CCCCCCC. The molecule has 6 heteroatoms. The first-order chi connectivity index (χ1) is 25.0. The highest BCUT2D eigenvalue weighted by molar-refractivity contribution is 5.71. The Morgan fingerprint density at radius 3 is 0.980 bits per heavy atom. The molecule has 0 heterocycles. The Bertz CT molecular complexity index is 794. The van der Waals surface area contributed by atoms with Crippen LogP contribution in [-0.2, 0) is 28.6 Å². The second-order valence-electron chi connectivity index (χ2n) is 15.0. The molecule has 1 unspecified atom stereocenters. The molecule has 51 heavy (non-hydrogen) atoms. The summed E-state index contributed by atoms with van der Waals surface area (Å²) in [6.45, 7) is 6.47. The molecule has 0 saturated heterocycles. The van der Waals surface area contributed by atoms with Crippen molar-refractivity contribution in [3.8, 4) is 0 Å². The summed E-state index contributed by atoms with van der Waals surface area (Å²) in [5, 5.41) is 0. The highest BCUT2D eigenvalue weighted by atomic mass is 16.6. The summed E-state index contributed by atoms with van der Waals surface area (Å²) in [7, 11) is 0. The average molecular weight is 721 g/mol. The highest BCUT2D eigenvalue weighted by Gasteiger charge is 2.19. The van der Waals surface area contributed by atoms with Crippen molar-refractivity contribution < 1.29 is 28.6 Å². The van der Waals surface area contributed by atoms with Crippen LogP contribution in [0.2, 0.25) is 0 Å². The molecule has 0 aromatic heterocycles. The number of hydrogen-bond donors (Lipinski definition) is 0. The highest BCUT2D eigenvalue weighted by Crippen LogP contribution is 2.15. The number of carbonyl (C=O) groups is 3. The predicted molar refractivity (Wildman–Crippen MR) is 215 cm³/mol. The van der Waals surface area contributed by atoms with Gasteiger partial charge in [-0.1, -0.05) is 187 Å². The molecule has 0 aromatic rings. The second kappa shape index (κ2) is 40.9. The van der Waals surface area contributed by atoms with Crippen LogP contribution in [0.5, 0.6) is 0 Å². The molecule has 0 aliphatic carbocycles. The van der Waals surface area contributed by atoms with E-state index in [4.69, 9.17) is 14.2 Å². The van der Waals surface area contributed by atoms with E-state index in [9.17, 15) is 14.4 Å². The Kier molecular flexibility index (Phi) is 39.4. The first-order valence-corrected chi connectivity index (χ1v) is 22.2. The summed E-state index contributed by atoms with van der Waals surface area (Å²) in [6, 6.07) is 0.